The highest BCUT2D eigenvalue weighted by atomic mass is 15.2. The van der Waals surface area contributed by atoms with Gasteiger partial charge in [-0.3, -0.25) is 4.98 Å². The number of aromatic nitrogens is 4. The van der Waals surface area contributed by atoms with E-state index in [-0.39, 0.29) is 0 Å². The third kappa shape index (κ3) is 1.36. The Labute approximate surface area is 86.2 Å². The summed E-state index contributed by atoms with van der Waals surface area (Å²) in [6.45, 7) is 0. The van der Waals surface area contributed by atoms with Crippen LogP contribution >= 0.6 is 0 Å². The molecule has 0 bridgehead atoms. The summed E-state index contributed by atoms with van der Waals surface area (Å²) in [6.07, 6.45) is 7.16. The molecule has 0 aromatic carbocycles. The minimum atomic E-state index is 0.851. The van der Waals surface area contributed by atoms with Crippen LogP contribution in [0.1, 0.15) is 0 Å². The number of pyridine rings is 1. The van der Waals surface area contributed by atoms with Crippen molar-refractivity contribution in [3.8, 4) is 11.3 Å². The van der Waals surface area contributed by atoms with Gasteiger partial charge in [-0.1, -0.05) is 0 Å². The second-order valence-corrected chi connectivity index (χ2v) is 3.19. The van der Waals surface area contributed by atoms with E-state index in [9.17, 15) is 0 Å². The summed E-state index contributed by atoms with van der Waals surface area (Å²) in [7, 11) is 0. The van der Waals surface area contributed by atoms with Crippen LogP contribution in [0.15, 0.2) is 49.1 Å². The van der Waals surface area contributed by atoms with Crippen LogP contribution in [-0.4, -0.2) is 19.6 Å². The first kappa shape index (κ1) is 8.11. The number of nitrogens with zero attached hydrogens (tertiary/aromatic N) is 4. The van der Waals surface area contributed by atoms with Gasteiger partial charge in [0.2, 0.25) is 0 Å². The van der Waals surface area contributed by atoms with Gasteiger partial charge in [-0.25, -0.2) is 9.50 Å². The van der Waals surface area contributed by atoms with Gasteiger partial charge in [0.25, 0.3) is 0 Å². The lowest BCUT2D eigenvalue weighted by atomic mass is 10.2. The van der Waals surface area contributed by atoms with E-state index in [1.54, 1.807) is 23.1 Å². The molecule has 0 saturated heterocycles. The standard InChI is InChI=1S/C11H8N4/c1-2-11-14-10(8-15(11)13-5-1)9-3-6-12-7-4-9/h1-8H. The van der Waals surface area contributed by atoms with Gasteiger partial charge < -0.3 is 0 Å². The predicted octanol–water partition coefficient (Wildman–Crippen LogP) is 1.79. The van der Waals surface area contributed by atoms with Crippen molar-refractivity contribution in [3.63, 3.8) is 0 Å². The van der Waals surface area contributed by atoms with E-state index >= 15 is 0 Å². The first-order chi connectivity index (χ1) is 7.43. The highest BCUT2D eigenvalue weighted by Crippen LogP contribution is 2.16. The fraction of sp³-hybridized carbons (Fsp3) is 0. The summed E-state index contributed by atoms with van der Waals surface area (Å²) in [4.78, 5) is 8.43. The molecule has 3 heterocycles. The minimum absolute atomic E-state index is 0.851. The van der Waals surface area contributed by atoms with Crippen LogP contribution in [0.2, 0.25) is 0 Å². The Hall–Kier alpha value is -2.23. The summed E-state index contributed by atoms with van der Waals surface area (Å²) >= 11 is 0. The van der Waals surface area contributed by atoms with Gasteiger partial charge >= 0.3 is 0 Å². The molecule has 3 rings (SSSR count). The van der Waals surface area contributed by atoms with Crippen molar-refractivity contribution in [1.29, 1.82) is 0 Å². The number of hydrogen-bond acceptors (Lipinski definition) is 3. The number of rotatable bonds is 1. The van der Waals surface area contributed by atoms with Crippen LogP contribution in [0, 0.1) is 0 Å². The zero-order chi connectivity index (χ0) is 10.1. The Morgan fingerprint density at radius 3 is 2.67 bits per heavy atom. The smallest absolute Gasteiger partial charge is 0.154 e. The Morgan fingerprint density at radius 2 is 1.87 bits per heavy atom. The molecule has 0 radical (unpaired) electrons. The molecular weight excluding hydrogens is 188 g/mol. The van der Waals surface area contributed by atoms with Gasteiger partial charge in [0.05, 0.1) is 11.9 Å². The third-order valence-electron chi connectivity index (χ3n) is 2.21. The lowest BCUT2D eigenvalue weighted by Crippen LogP contribution is -1.85. The topological polar surface area (TPSA) is 43.1 Å². The SMILES string of the molecule is c1cnn2cc(-c3ccncc3)nc2c1. The zero-order valence-electron chi connectivity index (χ0n) is 7.91. The minimum Gasteiger partial charge on any atom is -0.265 e. The van der Waals surface area contributed by atoms with Crippen molar-refractivity contribution < 1.29 is 0 Å². The van der Waals surface area contributed by atoms with Crippen LogP contribution in [-0.2, 0) is 0 Å². The monoisotopic (exact) mass is 196 g/mol. The van der Waals surface area contributed by atoms with Gasteiger partial charge in [-0.05, 0) is 24.3 Å². The van der Waals surface area contributed by atoms with E-state index in [4.69, 9.17) is 0 Å². The lowest BCUT2D eigenvalue weighted by molar-refractivity contribution is 0.936. The Morgan fingerprint density at radius 1 is 1.00 bits per heavy atom. The van der Waals surface area contributed by atoms with E-state index in [1.165, 1.54) is 0 Å². The summed E-state index contributed by atoms with van der Waals surface area (Å²) < 4.78 is 1.76. The maximum absolute atomic E-state index is 4.46. The zero-order valence-corrected chi connectivity index (χ0v) is 7.91. The molecule has 0 aliphatic rings. The molecule has 0 atom stereocenters. The fourth-order valence-corrected chi connectivity index (χ4v) is 1.49. The molecule has 0 saturated carbocycles. The normalized spacial score (nSPS) is 10.7. The summed E-state index contributed by atoms with van der Waals surface area (Å²) in [6, 6.07) is 7.67. The Balaban J connectivity index is 2.21. The molecule has 0 spiro atoms. The van der Waals surface area contributed by atoms with Crippen molar-refractivity contribution in [2.75, 3.05) is 0 Å². The van der Waals surface area contributed by atoms with Gasteiger partial charge in [0.1, 0.15) is 0 Å². The van der Waals surface area contributed by atoms with E-state index in [1.807, 2.05) is 30.5 Å². The molecule has 3 aromatic heterocycles. The quantitative estimate of drug-likeness (QED) is 0.596. The van der Waals surface area contributed by atoms with Gasteiger partial charge in [0, 0.05) is 24.2 Å². The molecule has 15 heavy (non-hydrogen) atoms. The second-order valence-electron chi connectivity index (χ2n) is 3.19. The largest absolute Gasteiger partial charge is 0.265 e. The van der Waals surface area contributed by atoms with E-state index in [0.717, 1.165) is 16.9 Å². The average molecular weight is 196 g/mol. The second kappa shape index (κ2) is 3.16. The Kier molecular flexibility index (Phi) is 1.71. The molecule has 0 aliphatic carbocycles. The predicted molar refractivity (Wildman–Crippen MR) is 56.2 cm³/mol. The number of fused-ring (bicyclic) bond motifs is 1. The van der Waals surface area contributed by atoms with Crippen LogP contribution < -0.4 is 0 Å². The van der Waals surface area contributed by atoms with E-state index < -0.39 is 0 Å². The molecule has 0 fully saturated rings. The maximum Gasteiger partial charge on any atom is 0.154 e. The lowest BCUT2D eigenvalue weighted by Gasteiger charge is -1.91. The third-order valence-corrected chi connectivity index (χ3v) is 2.21. The molecule has 0 aliphatic heterocycles. The van der Waals surface area contributed by atoms with Crippen molar-refractivity contribution in [1.82, 2.24) is 19.6 Å². The van der Waals surface area contributed by atoms with Crippen molar-refractivity contribution in [2.24, 2.45) is 0 Å². The van der Waals surface area contributed by atoms with Crippen LogP contribution in [0.5, 0.6) is 0 Å². The molecule has 3 aromatic rings. The van der Waals surface area contributed by atoms with E-state index in [2.05, 4.69) is 15.1 Å². The van der Waals surface area contributed by atoms with Gasteiger partial charge in [-0.2, -0.15) is 5.10 Å². The summed E-state index contributed by atoms with van der Waals surface area (Å²) in [5.74, 6) is 0. The first-order valence-corrected chi connectivity index (χ1v) is 4.64. The molecule has 72 valence electrons. The van der Waals surface area contributed by atoms with Crippen molar-refractivity contribution in [2.45, 2.75) is 0 Å². The number of hydrogen-bond donors (Lipinski definition) is 0. The molecular formula is C11H8N4. The van der Waals surface area contributed by atoms with E-state index in [0.29, 0.717) is 0 Å². The van der Waals surface area contributed by atoms with Gasteiger partial charge in [-0.15, -0.1) is 0 Å². The van der Waals surface area contributed by atoms with Crippen LogP contribution in [0.3, 0.4) is 0 Å². The molecule has 4 heteroatoms. The molecule has 0 amide bonds. The molecule has 0 N–H and O–H groups in total. The fourth-order valence-electron chi connectivity index (χ4n) is 1.49. The highest BCUT2D eigenvalue weighted by molar-refractivity contribution is 5.61. The number of imidazole rings is 1. The first-order valence-electron chi connectivity index (χ1n) is 4.64. The van der Waals surface area contributed by atoms with Crippen LogP contribution in [0.4, 0.5) is 0 Å². The summed E-state index contributed by atoms with van der Waals surface area (Å²) in [5, 5.41) is 4.17. The van der Waals surface area contributed by atoms with Crippen molar-refractivity contribution in [3.05, 3.63) is 49.1 Å². The maximum atomic E-state index is 4.46. The highest BCUT2D eigenvalue weighted by Gasteiger charge is 2.02. The average Bonchev–Trinajstić information content (AvgIpc) is 2.74. The van der Waals surface area contributed by atoms with Crippen LogP contribution in [0.25, 0.3) is 16.9 Å². The molecule has 4 nitrogen and oxygen atoms in total. The Bertz CT molecular complexity index is 553. The molecule has 0 unspecified atom stereocenters. The summed E-state index contributed by atoms with van der Waals surface area (Å²) in [5.41, 5.74) is 2.82. The van der Waals surface area contributed by atoms with Crippen molar-refractivity contribution >= 4 is 5.65 Å². The van der Waals surface area contributed by atoms with Gasteiger partial charge in [0.15, 0.2) is 5.65 Å².